The summed E-state index contributed by atoms with van der Waals surface area (Å²) in [4.78, 5) is 52.2. The minimum Gasteiger partial charge on any atom is -0.452 e. The zero-order valence-electron chi connectivity index (χ0n) is 17.9. The third-order valence-electron chi connectivity index (χ3n) is 6.89. The largest absolute Gasteiger partial charge is 0.452 e. The molecule has 2 saturated carbocycles. The molecule has 1 N–H and O–H groups in total. The van der Waals surface area contributed by atoms with Crippen LogP contribution in [0.15, 0.2) is 42.5 Å². The second-order valence-electron chi connectivity index (χ2n) is 8.79. The van der Waals surface area contributed by atoms with Crippen LogP contribution in [0.25, 0.3) is 0 Å². The number of amides is 3. The molecule has 1 saturated heterocycles. The predicted molar refractivity (Wildman–Crippen MR) is 132 cm³/mol. The maximum Gasteiger partial charge on any atom is 0.338 e. The summed E-state index contributed by atoms with van der Waals surface area (Å²) >= 11 is 24.8. The number of hydrogen-bond acceptors (Lipinski definition) is 5. The molecular weight excluding hydrogens is 538 g/mol. The van der Waals surface area contributed by atoms with Gasteiger partial charge in [-0.05, 0) is 48.6 Å². The zero-order chi connectivity index (χ0) is 25.0. The average Bonchev–Trinajstić information content (AvgIpc) is 3.45. The Kier molecular flexibility index (Phi) is 6.46. The second kappa shape index (κ2) is 9.28. The van der Waals surface area contributed by atoms with Gasteiger partial charge in [0.2, 0.25) is 11.8 Å². The summed E-state index contributed by atoms with van der Waals surface area (Å²) in [6, 6.07) is 10.7. The summed E-state index contributed by atoms with van der Waals surface area (Å²) in [6.45, 7) is -0.574. The van der Waals surface area contributed by atoms with Gasteiger partial charge >= 0.3 is 5.97 Å². The molecule has 2 aliphatic carbocycles. The molecule has 0 aromatic heterocycles. The molecule has 1 aliphatic heterocycles. The Morgan fingerprint density at radius 1 is 0.971 bits per heavy atom. The van der Waals surface area contributed by atoms with Gasteiger partial charge in [0.15, 0.2) is 6.61 Å². The Bertz CT molecular complexity index is 1220. The molecular formula is C24H18Cl4N2O5. The number of benzene rings is 2. The average molecular weight is 556 g/mol. The van der Waals surface area contributed by atoms with E-state index in [1.165, 1.54) is 18.2 Å². The third-order valence-corrected chi connectivity index (χ3v) is 9.03. The minimum atomic E-state index is -0.791. The van der Waals surface area contributed by atoms with Gasteiger partial charge in [-0.2, -0.15) is 0 Å². The Morgan fingerprint density at radius 2 is 1.60 bits per heavy atom. The fourth-order valence-corrected chi connectivity index (χ4v) is 6.62. The van der Waals surface area contributed by atoms with E-state index in [0.29, 0.717) is 6.42 Å². The van der Waals surface area contributed by atoms with Crippen molar-refractivity contribution >= 4 is 81.5 Å². The number of rotatable bonds is 5. The van der Waals surface area contributed by atoms with Crippen LogP contribution in [0.3, 0.4) is 0 Å². The van der Waals surface area contributed by atoms with Crippen molar-refractivity contribution in [2.75, 3.05) is 16.8 Å². The molecule has 2 bridgehead atoms. The molecule has 0 unspecified atom stereocenters. The van der Waals surface area contributed by atoms with Gasteiger partial charge in [0.1, 0.15) is 0 Å². The Morgan fingerprint density at radius 3 is 2.26 bits per heavy atom. The number of carbonyl (C=O) groups is 4. The van der Waals surface area contributed by atoms with E-state index in [-0.39, 0.29) is 61.4 Å². The van der Waals surface area contributed by atoms with Gasteiger partial charge in [0.05, 0.1) is 49.6 Å². The van der Waals surface area contributed by atoms with Crippen molar-refractivity contribution in [3.63, 3.8) is 0 Å². The number of halogens is 4. The number of anilines is 2. The van der Waals surface area contributed by atoms with Crippen molar-refractivity contribution in [1.82, 2.24) is 0 Å². The van der Waals surface area contributed by atoms with Gasteiger partial charge in [-0.3, -0.25) is 19.3 Å². The number of hydrogen-bond donors (Lipinski definition) is 1. The number of esters is 1. The molecule has 3 amide bonds. The van der Waals surface area contributed by atoms with Crippen molar-refractivity contribution < 1.29 is 23.9 Å². The Labute approximate surface area is 220 Å². The highest BCUT2D eigenvalue weighted by Crippen LogP contribution is 2.59. The number of alkyl halides is 2. The highest BCUT2D eigenvalue weighted by Gasteiger charge is 2.66. The van der Waals surface area contributed by atoms with Crippen molar-refractivity contribution in [3.05, 3.63) is 58.1 Å². The zero-order valence-corrected chi connectivity index (χ0v) is 20.9. The highest BCUT2D eigenvalue weighted by atomic mass is 35.5. The fourth-order valence-electron chi connectivity index (χ4n) is 5.38. The molecule has 5 rings (SSSR count). The normalized spacial score (nSPS) is 28.9. The lowest BCUT2D eigenvalue weighted by atomic mass is 9.80. The van der Waals surface area contributed by atoms with Crippen LogP contribution in [0.4, 0.5) is 11.4 Å². The summed E-state index contributed by atoms with van der Waals surface area (Å²) < 4.78 is 5.10. The number of carbonyl (C=O) groups excluding carboxylic acids is 4. The molecule has 6 atom stereocenters. The Balaban J connectivity index is 1.27. The van der Waals surface area contributed by atoms with E-state index in [9.17, 15) is 19.2 Å². The van der Waals surface area contributed by atoms with E-state index >= 15 is 0 Å². The van der Waals surface area contributed by atoms with Crippen LogP contribution in [-0.4, -0.2) is 41.1 Å². The monoisotopic (exact) mass is 554 g/mol. The molecule has 7 nitrogen and oxygen atoms in total. The molecule has 2 aromatic rings. The SMILES string of the molecule is O=C(COC(=O)c1cccc(N2C(=O)[C@@H]3[C@H]4C[C@@H]([C@H](Cl)[C@H]4Cl)[C@@H]3C2=O)c1)Nc1cccc(Cl)c1Cl. The molecule has 3 aliphatic rings. The molecule has 182 valence electrons. The van der Waals surface area contributed by atoms with Gasteiger partial charge in [-0.25, -0.2) is 4.79 Å². The van der Waals surface area contributed by atoms with Crippen LogP contribution >= 0.6 is 46.4 Å². The van der Waals surface area contributed by atoms with Crippen LogP contribution in [0.5, 0.6) is 0 Å². The summed E-state index contributed by atoms with van der Waals surface area (Å²) in [5.41, 5.74) is 0.629. The molecule has 2 aromatic carbocycles. The van der Waals surface area contributed by atoms with E-state index in [4.69, 9.17) is 51.1 Å². The van der Waals surface area contributed by atoms with Crippen LogP contribution in [-0.2, 0) is 19.1 Å². The lowest BCUT2D eigenvalue weighted by Crippen LogP contribution is -2.37. The van der Waals surface area contributed by atoms with Gasteiger partial charge < -0.3 is 10.1 Å². The second-order valence-corrected chi connectivity index (χ2v) is 10.6. The minimum absolute atomic E-state index is 0.0853. The summed E-state index contributed by atoms with van der Waals surface area (Å²) in [7, 11) is 0. The predicted octanol–water partition coefficient (Wildman–Crippen LogP) is 4.76. The van der Waals surface area contributed by atoms with Crippen LogP contribution in [0.2, 0.25) is 10.0 Å². The maximum absolute atomic E-state index is 13.2. The van der Waals surface area contributed by atoms with E-state index < -0.39 is 30.3 Å². The molecule has 0 spiro atoms. The third kappa shape index (κ3) is 4.08. The molecule has 1 heterocycles. The van der Waals surface area contributed by atoms with E-state index in [1.54, 1.807) is 24.3 Å². The van der Waals surface area contributed by atoms with E-state index in [2.05, 4.69) is 5.32 Å². The Hall–Kier alpha value is -2.32. The first-order chi connectivity index (χ1) is 16.7. The van der Waals surface area contributed by atoms with Crippen molar-refractivity contribution in [2.24, 2.45) is 23.7 Å². The smallest absolute Gasteiger partial charge is 0.338 e. The molecule has 11 heteroatoms. The lowest BCUT2D eigenvalue weighted by molar-refractivity contribution is -0.123. The number of fused-ring (bicyclic) bond motifs is 5. The van der Waals surface area contributed by atoms with Gasteiger partial charge in [0, 0.05) is 0 Å². The first-order valence-corrected chi connectivity index (χ1v) is 12.5. The van der Waals surface area contributed by atoms with E-state index in [0.717, 1.165) is 4.90 Å². The summed E-state index contributed by atoms with van der Waals surface area (Å²) in [5.74, 6) is -3.34. The van der Waals surface area contributed by atoms with E-state index in [1.807, 2.05) is 0 Å². The van der Waals surface area contributed by atoms with Gasteiger partial charge in [-0.15, -0.1) is 23.2 Å². The number of nitrogens with zero attached hydrogens (tertiary/aromatic N) is 1. The van der Waals surface area contributed by atoms with Crippen LogP contribution in [0, 0.1) is 23.7 Å². The number of nitrogens with one attached hydrogen (secondary N) is 1. The fraction of sp³-hybridized carbons (Fsp3) is 0.333. The van der Waals surface area contributed by atoms with Gasteiger partial charge in [-0.1, -0.05) is 35.3 Å². The van der Waals surface area contributed by atoms with Gasteiger partial charge in [0.25, 0.3) is 5.91 Å². The van der Waals surface area contributed by atoms with Crippen molar-refractivity contribution in [1.29, 1.82) is 0 Å². The maximum atomic E-state index is 13.2. The first-order valence-electron chi connectivity index (χ1n) is 10.9. The lowest BCUT2D eigenvalue weighted by Gasteiger charge is -2.28. The molecule has 0 radical (unpaired) electrons. The standard InChI is InChI=1S/C24H18Cl4N2O5/c25-14-5-2-6-15(21(14)28)29-16(31)9-35-24(34)10-3-1-4-11(7-10)30-22(32)17-12-8-13(18(17)23(30)33)20(27)19(12)26/h1-7,12-13,17-20H,8-9H2,(H,29,31)/t12-,13-,17-,18+,19+,20+/m1/s1. The van der Waals surface area contributed by atoms with Crippen LogP contribution in [0.1, 0.15) is 16.8 Å². The molecule has 3 fully saturated rings. The number of imide groups is 1. The van der Waals surface area contributed by atoms with Crippen molar-refractivity contribution in [2.45, 2.75) is 17.2 Å². The topological polar surface area (TPSA) is 92.8 Å². The number of ether oxygens (including phenoxy) is 1. The van der Waals surface area contributed by atoms with Crippen LogP contribution < -0.4 is 10.2 Å². The first kappa shape index (κ1) is 24.4. The molecule has 35 heavy (non-hydrogen) atoms. The highest BCUT2D eigenvalue weighted by molar-refractivity contribution is 6.44. The quantitative estimate of drug-likeness (QED) is 0.326. The van der Waals surface area contributed by atoms with Crippen molar-refractivity contribution in [3.8, 4) is 0 Å². The summed E-state index contributed by atoms with van der Waals surface area (Å²) in [5, 5.41) is 2.25. The summed E-state index contributed by atoms with van der Waals surface area (Å²) in [6.07, 6.45) is 0.664.